The number of sulfonamides is 1. The molecule has 28 heavy (non-hydrogen) atoms. The third-order valence-electron chi connectivity index (χ3n) is 4.78. The highest BCUT2D eigenvalue weighted by atomic mass is 35.5. The highest BCUT2D eigenvalue weighted by molar-refractivity contribution is 7.89. The molecule has 0 spiro atoms. The molecule has 6 nitrogen and oxygen atoms in total. The average Bonchev–Trinajstić information content (AvgIpc) is 2.63. The lowest BCUT2D eigenvalue weighted by atomic mass is 9.81. The topological polar surface area (TPSA) is 86.7 Å². The van der Waals surface area contributed by atoms with E-state index in [1.54, 1.807) is 30.3 Å². The molecule has 0 aromatic heterocycles. The number of hydroxylamine groups is 1. The van der Waals surface area contributed by atoms with Crippen molar-refractivity contribution in [1.29, 1.82) is 0 Å². The van der Waals surface area contributed by atoms with Crippen molar-refractivity contribution in [3.63, 3.8) is 0 Å². The van der Waals surface area contributed by atoms with Crippen LogP contribution in [0.5, 0.6) is 0 Å². The lowest BCUT2D eigenvalue weighted by Crippen LogP contribution is -2.49. The van der Waals surface area contributed by atoms with Crippen molar-refractivity contribution >= 4 is 39.0 Å². The molecule has 2 N–H and O–H groups in total. The standard InChI is InChI=1S/C19H20Cl2N2O4S/c1-12-2-5-17(6-3-12)28(26,27)22-23(25)15-8-13(9-16(24)11-15)18-10-14(20)4-7-19(18)21/h2-7,10,13,15,22,25H,8-9,11H2,1H3. The second-order valence-electron chi connectivity index (χ2n) is 6.95. The van der Waals surface area contributed by atoms with Gasteiger partial charge in [-0.15, -0.1) is 10.0 Å². The van der Waals surface area contributed by atoms with E-state index in [1.807, 2.05) is 6.92 Å². The Labute approximate surface area is 174 Å². The number of benzene rings is 2. The Hall–Kier alpha value is -1.48. The van der Waals surface area contributed by atoms with Gasteiger partial charge in [0.1, 0.15) is 5.78 Å². The summed E-state index contributed by atoms with van der Waals surface area (Å²) in [5.41, 5.74) is 1.63. The fraction of sp³-hybridized carbons (Fsp3) is 0.316. The molecule has 1 aliphatic rings. The van der Waals surface area contributed by atoms with Gasteiger partial charge in [-0.05, 0) is 55.2 Å². The molecule has 0 bridgehead atoms. The number of nitrogens with one attached hydrogen (secondary N) is 1. The van der Waals surface area contributed by atoms with Crippen LogP contribution in [0.4, 0.5) is 0 Å². The van der Waals surface area contributed by atoms with Gasteiger partial charge in [-0.25, -0.2) is 8.42 Å². The first-order chi connectivity index (χ1) is 13.2. The molecule has 1 saturated carbocycles. The Morgan fingerprint density at radius 3 is 2.46 bits per heavy atom. The van der Waals surface area contributed by atoms with Crippen LogP contribution in [0.1, 0.15) is 36.3 Å². The van der Waals surface area contributed by atoms with Crippen LogP contribution >= 0.6 is 23.2 Å². The third kappa shape index (κ3) is 4.92. The maximum atomic E-state index is 12.5. The SMILES string of the molecule is Cc1ccc(S(=O)(=O)NN(O)C2CC(=O)CC(c3cc(Cl)ccc3Cl)C2)cc1. The van der Waals surface area contributed by atoms with Gasteiger partial charge in [-0.1, -0.05) is 40.9 Å². The number of carbonyl (C=O) groups is 1. The van der Waals surface area contributed by atoms with Gasteiger partial charge < -0.3 is 0 Å². The number of aryl methyl sites for hydroxylation is 1. The molecule has 2 atom stereocenters. The minimum Gasteiger partial charge on any atom is -0.300 e. The number of hydrogen-bond acceptors (Lipinski definition) is 5. The summed E-state index contributed by atoms with van der Waals surface area (Å²) in [4.78, 5) is 14.4. The Bertz CT molecular complexity index is 980. The highest BCUT2D eigenvalue weighted by Crippen LogP contribution is 2.37. The van der Waals surface area contributed by atoms with Crippen LogP contribution < -0.4 is 4.83 Å². The van der Waals surface area contributed by atoms with Gasteiger partial charge in [0.2, 0.25) is 0 Å². The molecule has 0 aliphatic heterocycles. The van der Waals surface area contributed by atoms with E-state index >= 15 is 0 Å². The summed E-state index contributed by atoms with van der Waals surface area (Å²) in [5, 5.41) is 11.8. The van der Waals surface area contributed by atoms with Crippen molar-refractivity contribution < 1.29 is 18.4 Å². The monoisotopic (exact) mass is 442 g/mol. The molecule has 0 heterocycles. The second-order valence-corrected chi connectivity index (χ2v) is 9.46. The molecular weight excluding hydrogens is 423 g/mol. The first-order valence-electron chi connectivity index (χ1n) is 8.69. The molecule has 1 fully saturated rings. The van der Waals surface area contributed by atoms with Gasteiger partial charge in [-0.2, -0.15) is 0 Å². The zero-order chi connectivity index (χ0) is 20.5. The zero-order valence-corrected chi connectivity index (χ0v) is 17.4. The Kier molecular flexibility index (Phi) is 6.44. The average molecular weight is 443 g/mol. The smallest absolute Gasteiger partial charge is 0.255 e. The molecule has 2 aromatic carbocycles. The summed E-state index contributed by atoms with van der Waals surface area (Å²) >= 11 is 12.3. The fourth-order valence-electron chi connectivity index (χ4n) is 3.33. The van der Waals surface area contributed by atoms with Crippen molar-refractivity contribution in [3.05, 3.63) is 63.6 Å². The number of carbonyl (C=O) groups excluding carboxylic acids is 1. The largest absolute Gasteiger partial charge is 0.300 e. The molecule has 2 aromatic rings. The van der Waals surface area contributed by atoms with Crippen LogP contribution in [0.3, 0.4) is 0 Å². The van der Waals surface area contributed by atoms with Crippen LogP contribution in [0.15, 0.2) is 47.4 Å². The summed E-state index contributed by atoms with van der Waals surface area (Å²) in [6, 6.07) is 10.5. The molecule has 2 unspecified atom stereocenters. The molecule has 0 radical (unpaired) electrons. The Balaban J connectivity index is 1.77. The Morgan fingerprint density at radius 2 is 1.79 bits per heavy atom. The predicted molar refractivity (Wildman–Crippen MR) is 107 cm³/mol. The van der Waals surface area contributed by atoms with E-state index < -0.39 is 16.1 Å². The first-order valence-corrected chi connectivity index (χ1v) is 10.9. The minimum absolute atomic E-state index is 0.0220. The third-order valence-corrected chi connectivity index (χ3v) is 6.68. The zero-order valence-electron chi connectivity index (χ0n) is 15.1. The van der Waals surface area contributed by atoms with Gasteiger partial charge in [0.15, 0.2) is 0 Å². The summed E-state index contributed by atoms with van der Waals surface area (Å²) in [5.74, 6) is -0.359. The van der Waals surface area contributed by atoms with Crippen molar-refractivity contribution in [3.8, 4) is 0 Å². The molecule has 0 saturated heterocycles. The van der Waals surface area contributed by atoms with Crippen LogP contribution in [-0.4, -0.2) is 30.6 Å². The summed E-state index contributed by atoms with van der Waals surface area (Å²) in [7, 11) is -3.97. The summed E-state index contributed by atoms with van der Waals surface area (Å²) in [6.45, 7) is 1.84. The van der Waals surface area contributed by atoms with Crippen molar-refractivity contribution in [2.75, 3.05) is 0 Å². The Morgan fingerprint density at radius 1 is 1.11 bits per heavy atom. The maximum Gasteiger partial charge on any atom is 0.255 e. The second kappa shape index (κ2) is 8.49. The molecule has 150 valence electrons. The van der Waals surface area contributed by atoms with Crippen molar-refractivity contribution in [1.82, 2.24) is 10.0 Å². The number of nitrogens with zero attached hydrogens (tertiary/aromatic N) is 1. The lowest BCUT2D eigenvalue weighted by molar-refractivity contribution is -0.162. The highest BCUT2D eigenvalue weighted by Gasteiger charge is 2.34. The molecule has 9 heteroatoms. The normalized spacial score (nSPS) is 20.5. The van der Waals surface area contributed by atoms with Gasteiger partial charge >= 0.3 is 0 Å². The number of Topliss-reactive ketones (excluding diaryl/α,β-unsaturated/α-hetero) is 1. The number of halogens is 2. The van der Waals surface area contributed by atoms with Crippen molar-refractivity contribution in [2.24, 2.45) is 0 Å². The van der Waals surface area contributed by atoms with E-state index in [4.69, 9.17) is 23.2 Å². The lowest BCUT2D eigenvalue weighted by Gasteiger charge is -2.33. The van der Waals surface area contributed by atoms with E-state index in [2.05, 4.69) is 4.83 Å². The molecule has 1 aliphatic carbocycles. The molecule has 0 amide bonds. The molecular formula is C19H20Cl2N2O4S. The van der Waals surface area contributed by atoms with E-state index in [-0.39, 0.29) is 29.4 Å². The minimum atomic E-state index is -3.97. The number of hydrogen-bond donors (Lipinski definition) is 2. The molecule has 3 rings (SSSR count). The van der Waals surface area contributed by atoms with E-state index in [0.717, 1.165) is 5.56 Å². The van der Waals surface area contributed by atoms with Crippen molar-refractivity contribution in [2.45, 2.75) is 43.0 Å². The van der Waals surface area contributed by atoms with E-state index in [0.29, 0.717) is 27.2 Å². The van der Waals surface area contributed by atoms with E-state index in [1.165, 1.54) is 12.1 Å². The summed E-state index contributed by atoms with van der Waals surface area (Å²) < 4.78 is 25.0. The van der Waals surface area contributed by atoms with Gasteiger partial charge in [-0.3, -0.25) is 10.0 Å². The number of hydrazine groups is 1. The summed E-state index contributed by atoms with van der Waals surface area (Å²) in [6.07, 6.45) is 0.634. The van der Waals surface area contributed by atoms with Gasteiger partial charge in [0.05, 0.1) is 10.9 Å². The number of ketones is 1. The van der Waals surface area contributed by atoms with Crippen LogP contribution in [-0.2, 0) is 14.8 Å². The fourth-order valence-corrected chi connectivity index (χ4v) is 4.78. The predicted octanol–water partition coefficient (Wildman–Crippen LogP) is 4.09. The van der Waals surface area contributed by atoms with Crippen LogP contribution in [0.2, 0.25) is 10.0 Å². The van der Waals surface area contributed by atoms with Gasteiger partial charge in [0, 0.05) is 22.9 Å². The van der Waals surface area contributed by atoms with Crippen LogP contribution in [0.25, 0.3) is 0 Å². The quantitative estimate of drug-likeness (QED) is 0.680. The maximum absolute atomic E-state index is 12.5. The van der Waals surface area contributed by atoms with E-state index in [9.17, 15) is 18.4 Å². The van der Waals surface area contributed by atoms with Gasteiger partial charge in [0.25, 0.3) is 10.0 Å². The van der Waals surface area contributed by atoms with Crippen LogP contribution in [0, 0.1) is 6.92 Å². The number of rotatable bonds is 5. The first kappa shape index (κ1) is 21.2.